The number of anilines is 1. The molecule has 0 bridgehead atoms. The van der Waals surface area contributed by atoms with Crippen LogP contribution in [0.5, 0.6) is 0 Å². The van der Waals surface area contributed by atoms with Gasteiger partial charge in [-0.3, -0.25) is 28.9 Å². The van der Waals surface area contributed by atoms with Gasteiger partial charge in [0.05, 0.1) is 29.0 Å². The number of ether oxygens (including phenoxy) is 1. The van der Waals surface area contributed by atoms with Crippen molar-refractivity contribution in [3.05, 3.63) is 88.1 Å². The third-order valence-corrected chi connectivity index (χ3v) is 13.8. The number of likely N-dealkylation sites (N-methyl/N-ethyl adjacent to an activating group) is 1. The Morgan fingerprint density at radius 1 is 1.01 bits per heavy atom. The van der Waals surface area contributed by atoms with E-state index in [9.17, 15) is 24.3 Å². The van der Waals surface area contributed by atoms with Gasteiger partial charge in [0.2, 0.25) is 11.8 Å². The van der Waals surface area contributed by atoms with Gasteiger partial charge in [-0.1, -0.05) is 76.1 Å². The number of para-hydroxylation sites is 1. The lowest BCUT2D eigenvalue weighted by molar-refractivity contribution is -0.150. The molecule has 0 radical (unpaired) electrons. The van der Waals surface area contributed by atoms with E-state index in [1.165, 1.54) is 18.3 Å². The fourth-order valence-electron chi connectivity index (χ4n) is 8.66. The van der Waals surface area contributed by atoms with Crippen molar-refractivity contribution in [3.63, 3.8) is 0 Å². The number of benzene rings is 2. The van der Waals surface area contributed by atoms with Crippen LogP contribution >= 0.6 is 11.3 Å². The molecule has 0 spiro atoms. The number of aryl methyl sites for hydroxylation is 1. The second-order valence-electron chi connectivity index (χ2n) is 19.1. The van der Waals surface area contributed by atoms with Gasteiger partial charge in [0.1, 0.15) is 16.7 Å². The summed E-state index contributed by atoms with van der Waals surface area (Å²) in [6.45, 7) is 13.8. The molecule has 67 heavy (non-hydrogen) atoms. The molecule has 2 aromatic heterocycles. The quantitative estimate of drug-likeness (QED) is 0.0317. The van der Waals surface area contributed by atoms with E-state index in [0.717, 1.165) is 42.8 Å². The van der Waals surface area contributed by atoms with E-state index in [1.54, 1.807) is 36.0 Å². The number of esters is 1. The van der Waals surface area contributed by atoms with Crippen molar-refractivity contribution in [2.45, 2.75) is 143 Å². The van der Waals surface area contributed by atoms with Crippen molar-refractivity contribution in [2.75, 3.05) is 25.9 Å². The number of carbonyl (C=O) groups excluding carboxylic acids is 4. The first kappa shape index (κ1) is 52.3. The Kier molecular flexibility index (Phi) is 19.0. The number of unbranched alkanes of at least 4 members (excludes halogenated alkanes) is 1. The maximum absolute atomic E-state index is 15.2. The average Bonchev–Trinajstić information content (AvgIpc) is 3.99. The SMILES string of the molecule is CC[C@H](C)[C@H](NC(=O)C1CCCCN1C)C(=O)N(CCCCc1cn(-c2ccccc2)nn1)[C@H](C[C@@H](OC(C)=O)c1nc(C(=O)NC(Cc2ccc(N)cc2)CC(C)(C)C(=O)O)cs1)C(C)C. The van der Waals surface area contributed by atoms with Crippen LogP contribution in [0.1, 0.15) is 133 Å². The summed E-state index contributed by atoms with van der Waals surface area (Å²) in [7, 11) is 1.95. The number of aromatic nitrogens is 4. The predicted molar refractivity (Wildman–Crippen MR) is 259 cm³/mol. The van der Waals surface area contributed by atoms with Gasteiger partial charge >= 0.3 is 11.9 Å². The number of hydrogen-bond acceptors (Lipinski definition) is 12. The van der Waals surface area contributed by atoms with Gasteiger partial charge in [0.15, 0.2) is 6.10 Å². The topological polar surface area (TPSA) is 215 Å². The number of nitrogens with two attached hydrogens (primary N) is 1. The molecule has 5 N–H and O–H groups in total. The zero-order chi connectivity index (χ0) is 48.8. The van der Waals surface area contributed by atoms with Crippen molar-refractivity contribution in [1.82, 2.24) is 40.4 Å². The van der Waals surface area contributed by atoms with E-state index in [1.807, 2.05) is 88.3 Å². The number of piperidine rings is 1. The molecule has 6 atom stereocenters. The summed E-state index contributed by atoms with van der Waals surface area (Å²) in [5, 5.41) is 26.9. The lowest BCUT2D eigenvalue weighted by Crippen LogP contribution is -2.59. The molecule has 3 amide bonds. The van der Waals surface area contributed by atoms with Crippen LogP contribution in [0.2, 0.25) is 0 Å². The first-order valence-electron chi connectivity index (χ1n) is 23.7. The number of likely N-dealkylation sites (tertiary alicyclic amines) is 1. The van der Waals surface area contributed by atoms with Crippen molar-refractivity contribution in [1.29, 1.82) is 0 Å². The minimum atomic E-state index is -1.14. The van der Waals surface area contributed by atoms with Crippen molar-refractivity contribution in [3.8, 4) is 5.69 Å². The summed E-state index contributed by atoms with van der Waals surface area (Å²) >= 11 is 1.17. The molecule has 5 rings (SSSR count). The van der Waals surface area contributed by atoms with Gasteiger partial charge in [0, 0.05) is 43.0 Å². The first-order chi connectivity index (χ1) is 31.9. The zero-order valence-corrected chi connectivity index (χ0v) is 41.3. The standard InChI is InChI=1S/C50H71N9O7S/c1-9-33(4)44(54-46(62)41-20-14-15-25-57(41)8)48(63)58(26-16-13-17-37-30-59(56-55-37)39-18-11-10-12-19-39)42(32(2)3)28-43(66-34(5)60)47-53-40(31-67-47)45(61)52-38(29-50(6,7)49(64)65)27-35-21-23-36(51)24-22-35/h10-12,18-19,21-24,30-33,38,41-44H,9,13-17,20,25-29,51H2,1-8H3,(H,52,61)(H,54,62)(H,64,65)/t33-,38?,41?,42+,43+,44-/m0/s1. The van der Waals surface area contributed by atoms with Gasteiger partial charge in [0.25, 0.3) is 5.91 Å². The number of carboxylic acid groups (broad SMARTS) is 1. The third-order valence-electron chi connectivity index (χ3n) is 12.9. The number of nitrogens with zero attached hydrogens (tertiary/aromatic N) is 6. The van der Waals surface area contributed by atoms with Crippen LogP contribution < -0.4 is 16.4 Å². The summed E-state index contributed by atoms with van der Waals surface area (Å²) in [4.78, 5) is 76.6. The lowest BCUT2D eigenvalue weighted by Gasteiger charge is -2.40. The van der Waals surface area contributed by atoms with E-state index in [-0.39, 0.29) is 48.2 Å². The molecule has 3 heterocycles. The van der Waals surface area contributed by atoms with Crippen molar-refractivity contribution in [2.24, 2.45) is 17.3 Å². The van der Waals surface area contributed by atoms with E-state index in [0.29, 0.717) is 49.3 Å². The highest BCUT2D eigenvalue weighted by Crippen LogP contribution is 2.33. The molecule has 4 aromatic rings. The van der Waals surface area contributed by atoms with Crippen molar-refractivity contribution < 1.29 is 33.8 Å². The number of rotatable bonds is 24. The molecule has 16 nitrogen and oxygen atoms in total. The van der Waals surface area contributed by atoms with Gasteiger partial charge < -0.3 is 31.1 Å². The highest BCUT2D eigenvalue weighted by molar-refractivity contribution is 7.09. The summed E-state index contributed by atoms with van der Waals surface area (Å²) in [6, 6.07) is 14.8. The van der Waals surface area contributed by atoms with Crippen molar-refractivity contribution >= 4 is 46.7 Å². The normalized spacial score (nSPS) is 16.6. The molecule has 0 aliphatic carbocycles. The molecule has 2 aromatic carbocycles. The summed E-state index contributed by atoms with van der Waals surface area (Å²) in [5.41, 5.74) is 8.06. The van der Waals surface area contributed by atoms with Gasteiger partial charge in [-0.15, -0.1) is 16.4 Å². The number of nitrogen functional groups attached to an aromatic ring is 1. The molecule has 17 heteroatoms. The lowest BCUT2D eigenvalue weighted by atomic mass is 9.84. The molecule has 0 saturated carbocycles. The Hall–Kier alpha value is -5.68. The summed E-state index contributed by atoms with van der Waals surface area (Å²) in [5.74, 6) is -2.69. The summed E-state index contributed by atoms with van der Waals surface area (Å²) < 4.78 is 7.72. The van der Waals surface area contributed by atoms with Gasteiger partial charge in [-0.05, 0) is 114 Å². The number of carbonyl (C=O) groups is 5. The van der Waals surface area contributed by atoms with Crippen LogP contribution in [-0.4, -0.2) is 109 Å². The molecular weight excluding hydrogens is 871 g/mol. The molecule has 1 fully saturated rings. The maximum Gasteiger partial charge on any atom is 0.309 e. The van der Waals surface area contributed by atoms with Crippen LogP contribution in [0, 0.1) is 17.3 Å². The number of carboxylic acids is 1. The van der Waals surface area contributed by atoms with Crippen LogP contribution in [-0.2, 0) is 36.8 Å². The Labute approximate surface area is 399 Å². The first-order valence-corrected chi connectivity index (χ1v) is 24.5. The van der Waals surface area contributed by atoms with E-state index < -0.39 is 47.5 Å². The Morgan fingerprint density at radius 3 is 2.37 bits per heavy atom. The van der Waals surface area contributed by atoms with E-state index >= 15 is 4.79 Å². The fraction of sp³-hybridized carbons (Fsp3) is 0.560. The van der Waals surface area contributed by atoms with E-state index in [2.05, 4.69) is 25.8 Å². The van der Waals surface area contributed by atoms with Crippen LogP contribution in [0.4, 0.5) is 5.69 Å². The molecule has 1 aliphatic rings. The third kappa shape index (κ3) is 14.9. The molecule has 2 unspecified atom stereocenters. The number of thiazole rings is 1. The number of aliphatic carboxylic acids is 1. The fourth-order valence-corrected chi connectivity index (χ4v) is 9.50. The molecule has 1 saturated heterocycles. The minimum Gasteiger partial charge on any atom is -0.481 e. The number of nitrogens with one attached hydrogen (secondary N) is 2. The highest BCUT2D eigenvalue weighted by Gasteiger charge is 2.39. The van der Waals surface area contributed by atoms with Crippen LogP contribution in [0.15, 0.2) is 66.2 Å². The Balaban J connectivity index is 1.41. The zero-order valence-electron chi connectivity index (χ0n) is 40.4. The second-order valence-corrected chi connectivity index (χ2v) is 20.0. The van der Waals surface area contributed by atoms with Crippen LogP contribution in [0.25, 0.3) is 5.69 Å². The van der Waals surface area contributed by atoms with Crippen LogP contribution in [0.3, 0.4) is 0 Å². The molecule has 1 aliphatic heterocycles. The number of hydrogen-bond donors (Lipinski definition) is 4. The predicted octanol–water partition coefficient (Wildman–Crippen LogP) is 7.03. The highest BCUT2D eigenvalue weighted by atomic mass is 32.1. The monoisotopic (exact) mass is 942 g/mol. The number of amides is 3. The van der Waals surface area contributed by atoms with E-state index in [4.69, 9.17) is 15.5 Å². The largest absolute Gasteiger partial charge is 0.481 e. The van der Waals surface area contributed by atoms with Gasteiger partial charge in [-0.2, -0.15) is 0 Å². The smallest absolute Gasteiger partial charge is 0.309 e. The molecule has 364 valence electrons. The summed E-state index contributed by atoms with van der Waals surface area (Å²) in [6.07, 6.45) is 6.98. The average molecular weight is 942 g/mol. The Morgan fingerprint density at radius 2 is 1.73 bits per heavy atom. The van der Waals surface area contributed by atoms with Gasteiger partial charge in [-0.25, -0.2) is 9.67 Å². The second kappa shape index (κ2) is 24.4. The minimum absolute atomic E-state index is 0.0954. The molecular formula is C50H71N9O7S. The Bertz CT molecular complexity index is 2250. The maximum atomic E-state index is 15.2.